The van der Waals surface area contributed by atoms with Crippen LogP contribution >= 0.6 is 0 Å². The van der Waals surface area contributed by atoms with Crippen LogP contribution in [0.1, 0.15) is 18.1 Å². The first-order valence-corrected chi connectivity index (χ1v) is 6.67. The second-order valence-electron chi connectivity index (χ2n) is 5.08. The predicted molar refractivity (Wildman–Crippen MR) is 71.7 cm³/mol. The van der Waals surface area contributed by atoms with Gasteiger partial charge in [-0.1, -0.05) is 6.07 Å². The Labute approximate surface area is 121 Å². The van der Waals surface area contributed by atoms with E-state index >= 15 is 0 Å². The molecule has 2 heterocycles. The van der Waals surface area contributed by atoms with Crippen molar-refractivity contribution in [3.05, 3.63) is 23.8 Å². The van der Waals surface area contributed by atoms with Crippen LogP contribution in [0.2, 0.25) is 0 Å². The molecule has 1 saturated heterocycles. The smallest absolute Gasteiger partial charge is 0.246 e. The average Bonchev–Trinajstić information content (AvgIpc) is 3.04. The quantitative estimate of drug-likeness (QED) is 0.747. The minimum absolute atomic E-state index is 0.128. The largest absolute Gasteiger partial charge is 0.454 e. The predicted octanol–water partition coefficient (Wildman–Crippen LogP) is -0.204. The number of nitrogens with one attached hydrogen (secondary N) is 1. The topological polar surface area (TPSA) is 88.1 Å². The Hall–Kier alpha value is -2.12. The summed E-state index contributed by atoms with van der Waals surface area (Å²) in [6.07, 6.45) is -0.670. The maximum Gasteiger partial charge on any atom is 0.246 e. The van der Waals surface area contributed by atoms with Crippen molar-refractivity contribution >= 4 is 11.8 Å². The number of likely N-dealkylation sites (N-methyl/N-ethyl adjacent to an activating group) is 1. The van der Waals surface area contributed by atoms with E-state index in [0.717, 1.165) is 4.90 Å². The van der Waals surface area contributed by atoms with Crippen molar-refractivity contribution < 1.29 is 24.2 Å². The molecule has 1 aromatic carbocycles. The van der Waals surface area contributed by atoms with Gasteiger partial charge in [-0.3, -0.25) is 14.5 Å². The lowest BCUT2D eigenvalue weighted by Gasteiger charge is -2.15. The molecule has 1 aromatic rings. The number of aliphatic hydroxyl groups is 1. The van der Waals surface area contributed by atoms with Crippen LogP contribution in [0, 0.1) is 0 Å². The molecule has 7 heteroatoms. The lowest BCUT2D eigenvalue weighted by atomic mass is 10.1. The molecule has 2 amide bonds. The first-order valence-electron chi connectivity index (χ1n) is 6.67. The number of hydrogen-bond donors (Lipinski definition) is 2. The van der Waals surface area contributed by atoms with E-state index in [0.29, 0.717) is 17.1 Å². The molecule has 2 aliphatic heterocycles. The molecule has 0 spiro atoms. The summed E-state index contributed by atoms with van der Waals surface area (Å²) in [5.74, 6) is 0.767. The molecule has 2 unspecified atom stereocenters. The van der Waals surface area contributed by atoms with Gasteiger partial charge in [0.1, 0.15) is 0 Å². The van der Waals surface area contributed by atoms with Crippen LogP contribution in [-0.4, -0.2) is 48.2 Å². The number of nitrogens with zero attached hydrogens (tertiary/aromatic N) is 1. The van der Waals surface area contributed by atoms with Crippen LogP contribution in [0.4, 0.5) is 0 Å². The molecule has 0 bridgehead atoms. The van der Waals surface area contributed by atoms with Gasteiger partial charge in [0.25, 0.3) is 0 Å². The summed E-state index contributed by atoms with van der Waals surface area (Å²) in [7, 11) is 1.46. The average molecular weight is 292 g/mol. The highest BCUT2D eigenvalue weighted by Gasteiger charge is 2.35. The summed E-state index contributed by atoms with van der Waals surface area (Å²) >= 11 is 0. The van der Waals surface area contributed by atoms with Gasteiger partial charge in [-0.2, -0.15) is 0 Å². The number of hydrogen-bond acceptors (Lipinski definition) is 6. The molecular formula is C14H16N2O5. The summed E-state index contributed by atoms with van der Waals surface area (Å²) in [6.45, 7) is 0.356. The number of rotatable bonds is 4. The fourth-order valence-corrected chi connectivity index (χ4v) is 2.41. The molecule has 0 aromatic heterocycles. The zero-order valence-corrected chi connectivity index (χ0v) is 11.5. The number of amides is 2. The van der Waals surface area contributed by atoms with Gasteiger partial charge in [0.15, 0.2) is 11.5 Å². The molecule has 7 nitrogen and oxygen atoms in total. The number of carbonyl (C=O) groups excluding carboxylic acids is 2. The second-order valence-corrected chi connectivity index (χ2v) is 5.08. The standard InChI is InChI=1S/C14H16N2O5/c1-16-13(18)5-9(14(16)19)15-6-10(17)8-2-3-11-12(4-8)21-7-20-11/h2-4,9-10,15,17H,5-7H2,1H3. The van der Waals surface area contributed by atoms with Crippen LogP contribution in [0.25, 0.3) is 0 Å². The maximum absolute atomic E-state index is 11.7. The van der Waals surface area contributed by atoms with Crippen molar-refractivity contribution in [2.45, 2.75) is 18.6 Å². The lowest BCUT2D eigenvalue weighted by Crippen LogP contribution is -2.39. The first kappa shape index (κ1) is 13.8. The Morgan fingerprint density at radius 3 is 2.86 bits per heavy atom. The number of aliphatic hydroxyl groups excluding tert-OH is 1. The lowest BCUT2D eigenvalue weighted by molar-refractivity contribution is -0.137. The number of imide groups is 1. The SMILES string of the molecule is CN1C(=O)CC(NCC(O)c2ccc3c(c2)OCO3)C1=O. The highest BCUT2D eigenvalue weighted by molar-refractivity contribution is 6.05. The number of ether oxygens (including phenoxy) is 2. The third-order valence-electron chi connectivity index (χ3n) is 3.72. The summed E-state index contributed by atoms with van der Waals surface area (Å²) in [6, 6.07) is 4.63. The minimum atomic E-state index is -0.798. The van der Waals surface area contributed by atoms with Gasteiger partial charge in [0, 0.05) is 13.6 Å². The molecule has 2 atom stereocenters. The summed E-state index contributed by atoms with van der Waals surface area (Å²) in [5.41, 5.74) is 0.664. The van der Waals surface area contributed by atoms with E-state index < -0.39 is 12.1 Å². The molecule has 21 heavy (non-hydrogen) atoms. The Balaban J connectivity index is 1.61. The van der Waals surface area contributed by atoms with Crippen LogP contribution in [-0.2, 0) is 9.59 Å². The van der Waals surface area contributed by atoms with Gasteiger partial charge < -0.3 is 19.9 Å². The van der Waals surface area contributed by atoms with E-state index in [1.165, 1.54) is 7.05 Å². The fourth-order valence-electron chi connectivity index (χ4n) is 2.41. The highest BCUT2D eigenvalue weighted by Crippen LogP contribution is 2.34. The van der Waals surface area contributed by atoms with Crippen molar-refractivity contribution in [2.24, 2.45) is 0 Å². The van der Waals surface area contributed by atoms with Gasteiger partial charge in [0.2, 0.25) is 18.6 Å². The van der Waals surface area contributed by atoms with Crippen molar-refractivity contribution in [3.63, 3.8) is 0 Å². The fraction of sp³-hybridized carbons (Fsp3) is 0.429. The van der Waals surface area contributed by atoms with Crippen LogP contribution < -0.4 is 14.8 Å². The van der Waals surface area contributed by atoms with Crippen LogP contribution in [0.3, 0.4) is 0 Å². The number of benzene rings is 1. The maximum atomic E-state index is 11.7. The Morgan fingerprint density at radius 1 is 1.38 bits per heavy atom. The van der Waals surface area contributed by atoms with Crippen molar-refractivity contribution in [1.29, 1.82) is 0 Å². The summed E-state index contributed by atoms with van der Waals surface area (Å²) in [4.78, 5) is 24.3. The molecule has 0 aliphatic carbocycles. The highest BCUT2D eigenvalue weighted by atomic mass is 16.7. The van der Waals surface area contributed by atoms with E-state index in [2.05, 4.69) is 5.32 Å². The molecule has 0 saturated carbocycles. The van der Waals surface area contributed by atoms with Crippen LogP contribution in [0.5, 0.6) is 11.5 Å². The van der Waals surface area contributed by atoms with Gasteiger partial charge in [0.05, 0.1) is 18.6 Å². The van der Waals surface area contributed by atoms with E-state index in [-0.39, 0.29) is 31.6 Å². The van der Waals surface area contributed by atoms with E-state index in [1.54, 1.807) is 18.2 Å². The summed E-state index contributed by atoms with van der Waals surface area (Å²) in [5, 5.41) is 13.1. The Bertz CT molecular complexity index is 589. The van der Waals surface area contributed by atoms with Crippen molar-refractivity contribution in [1.82, 2.24) is 10.2 Å². The third-order valence-corrected chi connectivity index (χ3v) is 3.72. The van der Waals surface area contributed by atoms with Gasteiger partial charge in [-0.15, -0.1) is 0 Å². The second kappa shape index (κ2) is 5.34. The van der Waals surface area contributed by atoms with Crippen molar-refractivity contribution in [3.8, 4) is 11.5 Å². The third kappa shape index (κ3) is 2.57. The van der Waals surface area contributed by atoms with Gasteiger partial charge in [-0.05, 0) is 17.7 Å². The minimum Gasteiger partial charge on any atom is -0.454 e. The van der Waals surface area contributed by atoms with Crippen molar-refractivity contribution in [2.75, 3.05) is 20.4 Å². The summed E-state index contributed by atoms with van der Waals surface area (Å²) < 4.78 is 10.5. The molecule has 112 valence electrons. The van der Waals surface area contributed by atoms with Gasteiger partial charge in [-0.25, -0.2) is 0 Å². The first-order chi connectivity index (χ1) is 10.1. The van der Waals surface area contributed by atoms with Gasteiger partial charge >= 0.3 is 0 Å². The zero-order valence-electron chi connectivity index (χ0n) is 11.5. The monoisotopic (exact) mass is 292 g/mol. The van der Waals surface area contributed by atoms with Crippen LogP contribution in [0.15, 0.2) is 18.2 Å². The molecule has 3 rings (SSSR count). The molecule has 1 fully saturated rings. The zero-order chi connectivity index (χ0) is 15.0. The van der Waals surface area contributed by atoms with E-state index in [1.807, 2.05) is 0 Å². The normalized spacial score (nSPS) is 22.0. The molecule has 0 radical (unpaired) electrons. The number of carbonyl (C=O) groups is 2. The molecule has 2 N–H and O–H groups in total. The molecule has 2 aliphatic rings. The number of fused-ring (bicyclic) bond motifs is 1. The van der Waals surface area contributed by atoms with E-state index in [4.69, 9.17) is 9.47 Å². The molecular weight excluding hydrogens is 276 g/mol. The Morgan fingerprint density at radius 2 is 2.14 bits per heavy atom. The number of likely N-dealkylation sites (tertiary alicyclic amines) is 1. The van der Waals surface area contributed by atoms with E-state index in [9.17, 15) is 14.7 Å². The Kier molecular flexibility index (Phi) is 3.52.